The molecule has 0 heterocycles. The van der Waals surface area contributed by atoms with Crippen molar-refractivity contribution < 1.29 is 36.6 Å². The van der Waals surface area contributed by atoms with E-state index in [1.54, 1.807) is 31.2 Å². The summed E-state index contributed by atoms with van der Waals surface area (Å²) in [7, 11) is -1.53. The summed E-state index contributed by atoms with van der Waals surface area (Å²) in [5.41, 5.74) is 0.788. The molecule has 1 N–H and O–H groups in total. The molecule has 0 saturated heterocycles. The number of carbonyl (C=O) groups is 2. The number of methoxy groups -OCH3 is 2. The summed E-state index contributed by atoms with van der Waals surface area (Å²) in [6, 6.07) is 15.2. The van der Waals surface area contributed by atoms with Gasteiger partial charge in [0.15, 0.2) is 11.5 Å². The first-order valence-electron chi connectivity index (χ1n) is 14.7. The second-order valence-corrected chi connectivity index (χ2v) is 12.5. The second-order valence-electron chi connectivity index (χ2n) is 10.7. The molecule has 244 valence electrons. The molecular formula is C33H42FN3O7S. The maximum absolute atomic E-state index is 14.2. The molecule has 0 bridgehead atoms. The average Bonchev–Trinajstić information content (AvgIpc) is 3.03. The van der Waals surface area contributed by atoms with Crippen molar-refractivity contribution in [1.82, 2.24) is 10.2 Å². The highest BCUT2D eigenvalue weighted by atomic mass is 32.2. The highest BCUT2D eigenvalue weighted by molar-refractivity contribution is 7.92. The number of anilines is 1. The summed E-state index contributed by atoms with van der Waals surface area (Å²) in [4.78, 5) is 28.8. The molecule has 3 rings (SSSR count). The standard InChI is InChI=1S/C33H42FN3O7S/c1-7-29(33(39)35-20-23(3)4)36(21-24-9-11-25(34)12-10-24)32(38)22-37(26-13-15-27(16-14-26)44-8-2)45(40,41)28-17-18-30(42-5)31(19-28)43-6/h9-19,23,29H,7-8,20-22H2,1-6H3,(H,35,39)/t29-/m0/s1. The van der Waals surface area contributed by atoms with E-state index in [1.165, 1.54) is 61.6 Å². The lowest BCUT2D eigenvalue weighted by molar-refractivity contribution is -0.140. The van der Waals surface area contributed by atoms with E-state index < -0.39 is 34.3 Å². The Bertz CT molecular complexity index is 1530. The fourth-order valence-corrected chi connectivity index (χ4v) is 6.07. The van der Waals surface area contributed by atoms with Gasteiger partial charge in [0.05, 0.1) is 31.4 Å². The Morgan fingerprint density at radius 3 is 2.11 bits per heavy atom. The summed E-state index contributed by atoms with van der Waals surface area (Å²) < 4.78 is 59.3. The van der Waals surface area contributed by atoms with Gasteiger partial charge in [-0.05, 0) is 73.4 Å². The Morgan fingerprint density at radius 2 is 1.56 bits per heavy atom. The van der Waals surface area contributed by atoms with E-state index in [2.05, 4.69) is 5.32 Å². The summed E-state index contributed by atoms with van der Waals surface area (Å²) >= 11 is 0. The first-order chi connectivity index (χ1) is 21.4. The van der Waals surface area contributed by atoms with Crippen LogP contribution >= 0.6 is 0 Å². The molecule has 0 radical (unpaired) electrons. The number of sulfonamides is 1. The summed E-state index contributed by atoms with van der Waals surface area (Å²) in [5.74, 6) is -0.190. The number of halogens is 1. The van der Waals surface area contributed by atoms with Gasteiger partial charge in [-0.15, -0.1) is 0 Å². The van der Waals surface area contributed by atoms with Crippen molar-refractivity contribution in [3.8, 4) is 17.2 Å². The van der Waals surface area contributed by atoms with Crippen LogP contribution in [0.25, 0.3) is 0 Å². The third-order valence-electron chi connectivity index (χ3n) is 6.99. The number of carbonyl (C=O) groups excluding carboxylic acids is 2. The van der Waals surface area contributed by atoms with E-state index in [0.717, 1.165) is 4.31 Å². The lowest BCUT2D eigenvalue weighted by atomic mass is 10.1. The largest absolute Gasteiger partial charge is 0.494 e. The number of amides is 2. The van der Waals surface area contributed by atoms with Crippen LogP contribution in [0.5, 0.6) is 17.2 Å². The molecular weight excluding hydrogens is 601 g/mol. The van der Waals surface area contributed by atoms with Crippen LogP contribution in [0.15, 0.2) is 71.6 Å². The van der Waals surface area contributed by atoms with Crippen LogP contribution in [0.2, 0.25) is 0 Å². The fraction of sp³-hybridized carbons (Fsp3) is 0.394. The predicted octanol–water partition coefficient (Wildman–Crippen LogP) is 5.02. The molecule has 0 aliphatic carbocycles. The number of rotatable bonds is 16. The highest BCUT2D eigenvalue weighted by Crippen LogP contribution is 2.33. The first-order valence-corrected chi connectivity index (χ1v) is 16.2. The van der Waals surface area contributed by atoms with Crippen molar-refractivity contribution in [3.05, 3.63) is 78.1 Å². The van der Waals surface area contributed by atoms with Crippen LogP contribution in [-0.2, 0) is 26.2 Å². The number of benzene rings is 3. The number of hydrogen-bond acceptors (Lipinski definition) is 7. The fourth-order valence-electron chi connectivity index (χ4n) is 4.64. The first kappa shape index (κ1) is 35.2. The minimum absolute atomic E-state index is 0.0414. The van der Waals surface area contributed by atoms with Crippen molar-refractivity contribution in [2.45, 2.75) is 51.6 Å². The van der Waals surface area contributed by atoms with Gasteiger partial charge in [0.1, 0.15) is 24.2 Å². The zero-order chi connectivity index (χ0) is 33.1. The van der Waals surface area contributed by atoms with Gasteiger partial charge in [0.2, 0.25) is 11.8 Å². The minimum atomic E-state index is -4.36. The molecule has 10 nitrogen and oxygen atoms in total. The van der Waals surface area contributed by atoms with Crippen LogP contribution in [0, 0.1) is 11.7 Å². The monoisotopic (exact) mass is 643 g/mol. The van der Waals surface area contributed by atoms with Crippen LogP contribution in [0.3, 0.4) is 0 Å². The SMILES string of the molecule is CCOc1ccc(N(CC(=O)N(Cc2ccc(F)cc2)[C@@H](CC)C(=O)NCC(C)C)S(=O)(=O)c2ccc(OC)c(OC)c2)cc1. The van der Waals surface area contributed by atoms with Crippen molar-refractivity contribution in [2.75, 3.05) is 38.2 Å². The maximum atomic E-state index is 14.2. The zero-order valence-electron chi connectivity index (χ0n) is 26.6. The van der Waals surface area contributed by atoms with Gasteiger partial charge >= 0.3 is 0 Å². The molecule has 0 aliphatic rings. The Hall–Kier alpha value is -4.32. The Balaban J connectivity index is 2.09. The second kappa shape index (κ2) is 16.1. The van der Waals surface area contributed by atoms with E-state index in [1.807, 2.05) is 20.8 Å². The van der Waals surface area contributed by atoms with E-state index in [9.17, 15) is 22.4 Å². The topological polar surface area (TPSA) is 114 Å². The summed E-state index contributed by atoms with van der Waals surface area (Å²) in [6.45, 7) is 7.67. The maximum Gasteiger partial charge on any atom is 0.264 e. The number of ether oxygens (including phenoxy) is 3. The molecule has 0 fully saturated rings. The van der Waals surface area contributed by atoms with E-state index in [0.29, 0.717) is 30.2 Å². The van der Waals surface area contributed by atoms with Crippen molar-refractivity contribution in [2.24, 2.45) is 5.92 Å². The molecule has 12 heteroatoms. The molecule has 1 atom stereocenters. The Morgan fingerprint density at radius 1 is 0.911 bits per heavy atom. The van der Waals surface area contributed by atoms with Crippen LogP contribution < -0.4 is 23.8 Å². The smallest absolute Gasteiger partial charge is 0.264 e. The molecule has 45 heavy (non-hydrogen) atoms. The lowest BCUT2D eigenvalue weighted by Gasteiger charge is -2.33. The van der Waals surface area contributed by atoms with E-state index in [4.69, 9.17) is 14.2 Å². The zero-order valence-corrected chi connectivity index (χ0v) is 27.4. The molecule has 0 unspecified atom stereocenters. The van der Waals surface area contributed by atoms with Crippen molar-refractivity contribution >= 4 is 27.5 Å². The quantitative estimate of drug-likeness (QED) is 0.233. The third kappa shape index (κ3) is 9.10. The lowest BCUT2D eigenvalue weighted by Crippen LogP contribution is -2.52. The predicted molar refractivity (Wildman–Crippen MR) is 171 cm³/mol. The third-order valence-corrected chi connectivity index (χ3v) is 8.76. The van der Waals surface area contributed by atoms with Crippen LogP contribution in [-0.4, -0.2) is 65.1 Å². The van der Waals surface area contributed by atoms with Gasteiger partial charge in [-0.1, -0.05) is 32.9 Å². The van der Waals surface area contributed by atoms with Gasteiger partial charge in [-0.3, -0.25) is 13.9 Å². The molecule has 3 aromatic carbocycles. The molecule has 0 aliphatic heterocycles. The highest BCUT2D eigenvalue weighted by Gasteiger charge is 2.34. The average molecular weight is 644 g/mol. The van der Waals surface area contributed by atoms with Gasteiger partial charge in [-0.25, -0.2) is 12.8 Å². The van der Waals surface area contributed by atoms with Crippen molar-refractivity contribution in [3.63, 3.8) is 0 Å². The normalized spacial score (nSPS) is 11.9. The van der Waals surface area contributed by atoms with Crippen molar-refractivity contribution in [1.29, 1.82) is 0 Å². The molecule has 2 amide bonds. The van der Waals surface area contributed by atoms with Gasteiger partial charge in [0.25, 0.3) is 10.0 Å². The number of nitrogens with zero attached hydrogens (tertiary/aromatic N) is 2. The Kier molecular flexibility index (Phi) is 12.6. The van der Waals surface area contributed by atoms with Gasteiger partial charge in [0, 0.05) is 19.2 Å². The summed E-state index contributed by atoms with van der Waals surface area (Å²) in [5, 5.41) is 2.88. The van der Waals surface area contributed by atoms with Gasteiger partial charge in [-0.2, -0.15) is 0 Å². The number of hydrogen-bond donors (Lipinski definition) is 1. The van der Waals surface area contributed by atoms with Gasteiger partial charge < -0.3 is 24.4 Å². The van der Waals surface area contributed by atoms with E-state index in [-0.39, 0.29) is 41.1 Å². The van der Waals surface area contributed by atoms with E-state index >= 15 is 0 Å². The van der Waals surface area contributed by atoms with Crippen LogP contribution in [0.4, 0.5) is 10.1 Å². The molecule has 3 aromatic rings. The molecule has 0 spiro atoms. The number of nitrogens with one attached hydrogen (secondary N) is 1. The molecule has 0 aromatic heterocycles. The van der Waals surface area contributed by atoms with Crippen LogP contribution in [0.1, 0.15) is 39.7 Å². The summed E-state index contributed by atoms with van der Waals surface area (Å²) in [6.07, 6.45) is 0.266. The minimum Gasteiger partial charge on any atom is -0.494 e. The Labute approximate surface area is 265 Å². The molecule has 0 saturated carbocycles.